The van der Waals surface area contributed by atoms with Crippen molar-refractivity contribution in [3.63, 3.8) is 0 Å². The second-order valence-electron chi connectivity index (χ2n) is 6.27. The van der Waals surface area contributed by atoms with Crippen molar-refractivity contribution in [3.05, 3.63) is 29.3 Å². The first-order valence-electron chi connectivity index (χ1n) is 7.23. The molecule has 2 amide bonds. The molecule has 0 atom stereocenters. The summed E-state index contributed by atoms with van der Waals surface area (Å²) in [5, 5.41) is 14.5. The molecule has 0 fully saturated rings. The molecule has 2 rings (SSSR count). The van der Waals surface area contributed by atoms with Gasteiger partial charge in [0.1, 0.15) is 0 Å². The number of carbonyl (C=O) groups is 2. The van der Waals surface area contributed by atoms with Crippen molar-refractivity contribution < 1.29 is 14.7 Å². The van der Waals surface area contributed by atoms with E-state index in [1.54, 1.807) is 12.1 Å². The van der Waals surface area contributed by atoms with Crippen molar-refractivity contribution in [3.8, 4) is 0 Å². The van der Waals surface area contributed by atoms with Crippen LogP contribution in [0.5, 0.6) is 0 Å². The Morgan fingerprint density at radius 3 is 2.90 bits per heavy atom. The van der Waals surface area contributed by atoms with Gasteiger partial charge in [0.05, 0.1) is 6.42 Å². The molecule has 1 aliphatic rings. The number of benzene rings is 1. The number of anilines is 1. The normalized spacial score (nSPS) is 13.8. The minimum atomic E-state index is -0.143. The number of carbonyl (C=O) groups excluding carboxylic acids is 2. The first kappa shape index (κ1) is 15.5. The lowest BCUT2D eigenvalue weighted by Gasteiger charge is -2.24. The zero-order valence-corrected chi connectivity index (χ0v) is 12.5. The molecule has 5 heteroatoms. The zero-order valence-electron chi connectivity index (χ0n) is 12.5. The van der Waals surface area contributed by atoms with Crippen molar-refractivity contribution in [1.82, 2.24) is 5.32 Å². The Morgan fingerprint density at radius 1 is 1.43 bits per heavy atom. The largest absolute Gasteiger partial charge is 0.396 e. The topological polar surface area (TPSA) is 78.4 Å². The maximum Gasteiger partial charge on any atom is 0.251 e. The molecule has 1 aromatic rings. The highest BCUT2D eigenvalue weighted by molar-refractivity contribution is 6.02. The molecule has 0 saturated heterocycles. The Hall–Kier alpha value is -1.88. The third kappa shape index (κ3) is 4.04. The lowest BCUT2D eigenvalue weighted by Crippen LogP contribution is -2.34. The maximum absolute atomic E-state index is 12.2. The number of amides is 2. The molecule has 1 heterocycles. The van der Waals surface area contributed by atoms with Crippen molar-refractivity contribution in [2.24, 2.45) is 5.41 Å². The van der Waals surface area contributed by atoms with Crippen LogP contribution >= 0.6 is 0 Å². The first-order chi connectivity index (χ1) is 9.91. The van der Waals surface area contributed by atoms with E-state index in [4.69, 9.17) is 5.11 Å². The molecule has 5 nitrogen and oxygen atoms in total. The van der Waals surface area contributed by atoms with Gasteiger partial charge in [0.2, 0.25) is 5.91 Å². The van der Waals surface area contributed by atoms with Crippen LogP contribution < -0.4 is 10.6 Å². The summed E-state index contributed by atoms with van der Waals surface area (Å²) in [7, 11) is 0. The molecule has 0 spiro atoms. The molecule has 0 saturated carbocycles. The van der Waals surface area contributed by atoms with Crippen LogP contribution in [0, 0.1) is 5.41 Å². The van der Waals surface area contributed by atoms with Crippen LogP contribution in [-0.2, 0) is 11.2 Å². The summed E-state index contributed by atoms with van der Waals surface area (Å²) in [6.07, 6.45) is 1.96. The van der Waals surface area contributed by atoms with Gasteiger partial charge in [0.25, 0.3) is 5.91 Å². The highest BCUT2D eigenvalue weighted by Gasteiger charge is 2.21. The Kier molecular flexibility index (Phi) is 4.63. The molecular formula is C16H22N2O3. The smallest absolute Gasteiger partial charge is 0.251 e. The van der Waals surface area contributed by atoms with Gasteiger partial charge in [-0.05, 0) is 36.0 Å². The summed E-state index contributed by atoms with van der Waals surface area (Å²) in [6.45, 7) is 4.84. The average molecular weight is 290 g/mol. The Balaban J connectivity index is 1.95. The number of fused-ring (bicyclic) bond motifs is 1. The van der Waals surface area contributed by atoms with Gasteiger partial charge < -0.3 is 15.7 Å². The standard InChI is InChI=1S/C16H22N2O3/c1-16(2,6-3-7-19)10-17-15(21)12-5-4-11-9-14(20)18-13(11)8-12/h4-5,8,19H,3,6-7,9-10H2,1-2H3,(H,17,21)(H,18,20). The minimum absolute atomic E-state index is 0.0345. The first-order valence-corrected chi connectivity index (χ1v) is 7.23. The molecule has 0 bridgehead atoms. The fourth-order valence-corrected chi connectivity index (χ4v) is 2.42. The van der Waals surface area contributed by atoms with E-state index in [0.717, 1.165) is 24.1 Å². The van der Waals surface area contributed by atoms with Crippen LogP contribution in [0.3, 0.4) is 0 Å². The molecule has 1 aliphatic heterocycles. The monoisotopic (exact) mass is 290 g/mol. The second kappa shape index (κ2) is 6.26. The Bertz CT molecular complexity index is 552. The molecule has 114 valence electrons. The van der Waals surface area contributed by atoms with Crippen molar-refractivity contribution in [2.45, 2.75) is 33.1 Å². The summed E-state index contributed by atoms with van der Waals surface area (Å²) in [5.74, 6) is -0.177. The van der Waals surface area contributed by atoms with E-state index in [9.17, 15) is 9.59 Å². The van der Waals surface area contributed by atoms with Crippen LogP contribution in [-0.4, -0.2) is 30.1 Å². The molecule has 0 aliphatic carbocycles. The molecule has 21 heavy (non-hydrogen) atoms. The summed E-state index contributed by atoms with van der Waals surface area (Å²) >= 11 is 0. The third-order valence-electron chi connectivity index (χ3n) is 3.74. The fourth-order valence-electron chi connectivity index (χ4n) is 2.42. The molecular weight excluding hydrogens is 268 g/mol. The van der Waals surface area contributed by atoms with Crippen molar-refractivity contribution in [1.29, 1.82) is 0 Å². The van der Waals surface area contributed by atoms with Crippen LogP contribution in [0.1, 0.15) is 42.6 Å². The number of nitrogens with one attached hydrogen (secondary N) is 2. The number of aliphatic hydroxyl groups excluding tert-OH is 1. The number of hydrogen-bond donors (Lipinski definition) is 3. The van der Waals surface area contributed by atoms with Gasteiger partial charge in [0.15, 0.2) is 0 Å². The fraction of sp³-hybridized carbons (Fsp3) is 0.500. The van der Waals surface area contributed by atoms with E-state index in [-0.39, 0.29) is 23.8 Å². The number of aliphatic hydroxyl groups is 1. The van der Waals surface area contributed by atoms with E-state index in [1.165, 1.54) is 0 Å². The molecule has 0 unspecified atom stereocenters. The van der Waals surface area contributed by atoms with Gasteiger partial charge >= 0.3 is 0 Å². The minimum Gasteiger partial charge on any atom is -0.396 e. The summed E-state index contributed by atoms with van der Waals surface area (Å²) in [5.41, 5.74) is 2.16. The zero-order chi connectivity index (χ0) is 15.5. The van der Waals surface area contributed by atoms with Gasteiger partial charge in [-0.25, -0.2) is 0 Å². The SMILES string of the molecule is CC(C)(CCCO)CNC(=O)c1ccc2c(c1)NC(=O)C2. The van der Waals surface area contributed by atoms with Gasteiger partial charge in [-0.2, -0.15) is 0 Å². The molecule has 1 aromatic carbocycles. The molecule has 3 N–H and O–H groups in total. The van der Waals surface area contributed by atoms with E-state index in [0.29, 0.717) is 18.5 Å². The second-order valence-corrected chi connectivity index (χ2v) is 6.27. The summed E-state index contributed by atoms with van der Waals surface area (Å²) in [6, 6.07) is 5.28. The van der Waals surface area contributed by atoms with Gasteiger partial charge in [0, 0.05) is 24.4 Å². The van der Waals surface area contributed by atoms with Crippen LogP contribution in [0.15, 0.2) is 18.2 Å². The third-order valence-corrected chi connectivity index (χ3v) is 3.74. The summed E-state index contributed by atoms with van der Waals surface area (Å²) in [4.78, 5) is 23.5. The average Bonchev–Trinajstić information content (AvgIpc) is 2.81. The highest BCUT2D eigenvalue weighted by Crippen LogP contribution is 2.24. The van der Waals surface area contributed by atoms with E-state index < -0.39 is 0 Å². The van der Waals surface area contributed by atoms with E-state index >= 15 is 0 Å². The van der Waals surface area contributed by atoms with Crippen LogP contribution in [0.4, 0.5) is 5.69 Å². The van der Waals surface area contributed by atoms with Crippen LogP contribution in [0.25, 0.3) is 0 Å². The summed E-state index contributed by atoms with van der Waals surface area (Å²) < 4.78 is 0. The highest BCUT2D eigenvalue weighted by atomic mass is 16.3. The molecule has 0 aromatic heterocycles. The van der Waals surface area contributed by atoms with Crippen LogP contribution in [0.2, 0.25) is 0 Å². The van der Waals surface area contributed by atoms with E-state index in [1.807, 2.05) is 6.07 Å². The lowest BCUT2D eigenvalue weighted by atomic mass is 9.88. The van der Waals surface area contributed by atoms with E-state index in [2.05, 4.69) is 24.5 Å². The quantitative estimate of drug-likeness (QED) is 0.746. The molecule has 0 radical (unpaired) electrons. The predicted molar refractivity (Wildman–Crippen MR) is 81.2 cm³/mol. The van der Waals surface area contributed by atoms with Gasteiger partial charge in [-0.15, -0.1) is 0 Å². The number of rotatable bonds is 6. The van der Waals surface area contributed by atoms with Gasteiger partial charge in [-0.3, -0.25) is 9.59 Å². The Labute approximate surface area is 124 Å². The van der Waals surface area contributed by atoms with Crippen molar-refractivity contribution >= 4 is 17.5 Å². The Morgan fingerprint density at radius 2 is 2.19 bits per heavy atom. The number of hydrogen-bond acceptors (Lipinski definition) is 3. The van der Waals surface area contributed by atoms with Crippen molar-refractivity contribution in [2.75, 3.05) is 18.5 Å². The van der Waals surface area contributed by atoms with Gasteiger partial charge in [-0.1, -0.05) is 19.9 Å². The predicted octanol–water partition coefficient (Wildman–Crippen LogP) is 1.71. The maximum atomic E-state index is 12.2. The lowest BCUT2D eigenvalue weighted by molar-refractivity contribution is -0.115.